The van der Waals surface area contributed by atoms with Crippen LogP contribution in [0.15, 0.2) is 67.7 Å². The fraction of sp³-hybridized carbons (Fsp3) is 0.265. The Balaban J connectivity index is 1.43. The molecule has 0 unspecified atom stereocenters. The van der Waals surface area contributed by atoms with Gasteiger partial charge in [-0.25, -0.2) is 9.59 Å². The van der Waals surface area contributed by atoms with Crippen molar-refractivity contribution in [1.82, 2.24) is 9.13 Å². The summed E-state index contributed by atoms with van der Waals surface area (Å²) in [5.41, 5.74) is -2.19. The Morgan fingerprint density at radius 2 is 1.69 bits per heavy atom. The Kier molecular flexibility index (Phi) is 6.95. The maximum atomic E-state index is 15.0. The number of carbonyl (C=O) groups is 3. The van der Waals surface area contributed by atoms with E-state index in [9.17, 15) is 24.3 Å². The largest absolute Gasteiger partial charge is 0.496 e. The molecule has 0 radical (unpaired) electrons. The molecule has 3 atom stereocenters. The van der Waals surface area contributed by atoms with Crippen LogP contribution in [0.4, 0.5) is 5.82 Å². The maximum Gasteiger partial charge on any atom is 0.335 e. The highest BCUT2D eigenvalue weighted by Crippen LogP contribution is 2.56. The number of carboxylic acids is 1. The minimum atomic E-state index is -2.07. The maximum absolute atomic E-state index is 15.0. The average molecular weight is 674 g/mol. The highest BCUT2D eigenvalue weighted by molar-refractivity contribution is 6.36. The summed E-state index contributed by atoms with van der Waals surface area (Å²) in [5, 5.41) is 12.5. The van der Waals surface area contributed by atoms with Gasteiger partial charge in [-0.2, -0.15) is 0 Å². The van der Waals surface area contributed by atoms with Crippen LogP contribution < -0.4 is 30.8 Å². The summed E-state index contributed by atoms with van der Waals surface area (Å²) in [5.74, 6) is -3.42. The van der Waals surface area contributed by atoms with Gasteiger partial charge >= 0.3 is 11.7 Å². The fourth-order valence-corrected chi connectivity index (χ4v) is 7.18. The molecule has 0 bridgehead atoms. The topological polar surface area (TPSA) is 168 Å². The number of Topliss-reactive ketones (excluding diaryl/α,β-unsaturated/α-hetero) is 2. The molecule has 1 aliphatic carbocycles. The number of aromatic carboxylic acids is 1. The Hall–Kier alpha value is -5.56. The van der Waals surface area contributed by atoms with Gasteiger partial charge in [0.25, 0.3) is 5.56 Å². The van der Waals surface area contributed by atoms with Crippen LogP contribution in [0.1, 0.15) is 51.3 Å². The number of allylic oxidation sites excluding steroid dienone is 1. The number of carboxylic acid groups (broad SMARTS) is 1. The number of aromatic nitrogens is 2. The molecule has 0 amide bonds. The molecular weight excluding hydrogens is 646 g/mol. The first kappa shape index (κ1) is 31.1. The van der Waals surface area contributed by atoms with Gasteiger partial charge in [0, 0.05) is 42.9 Å². The molecule has 2 aromatic carbocycles. The van der Waals surface area contributed by atoms with Gasteiger partial charge < -0.3 is 29.1 Å². The number of benzene rings is 2. The predicted molar refractivity (Wildman–Crippen MR) is 172 cm³/mol. The quantitative estimate of drug-likeness (QED) is 0.292. The number of methoxy groups -OCH3 is 2. The summed E-state index contributed by atoms with van der Waals surface area (Å²) < 4.78 is 25.7. The molecule has 2 aromatic heterocycles. The Labute approximate surface area is 276 Å². The number of hydrogen-bond acceptors (Lipinski definition) is 10. The fourth-order valence-electron chi connectivity index (χ4n) is 6.91. The summed E-state index contributed by atoms with van der Waals surface area (Å²) >= 11 is 6.62. The number of halogens is 1. The normalized spacial score (nSPS) is 21.0. The molecule has 4 heterocycles. The molecule has 1 spiro atoms. The van der Waals surface area contributed by atoms with E-state index in [0.717, 1.165) is 4.57 Å². The van der Waals surface area contributed by atoms with E-state index in [1.165, 1.54) is 51.1 Å². The lowest BCUT2D eigenvalue weighted by molar-refractivity contribution is -0.130. The van der Waals surface area contributed by atoms with Crippen LogP contribution in [0, 0.1) is 5.92 Å². The number of ketones is 2. The Morgan fingerprint density at radius 1 is 1.00 bits per heavy atom. The molecule has 246 valence electrons. The van der Waals surface area contributed by atoms with Gasteiger partial charge in [-0.1, -0.05) is 30.7 Å². The van der Waals surface area contributed by atoms with Gasteiger partial charge in [0.2, 0.25) is 17.2 Å². The van der Waals surface area contributed by atoms with E-state index in [1.54, 1.807) is 31.2 Å². The van der Waals surface area contributed by atoms with Crippen molar-refractivity contribution in [3.8, 4) is 28.6 Å². The van der Waals surface area contributed by atoms with E-state index >= 15 is 4.79 Å². The number of nitrogens with one attached hydrogen (secondary N) is 1. The van der Waals surface area contributed by atoms with Gasteiger partial charge in [0.1, 0.15) is 39.4 Å². The van der Waals surface area contributed by atoms with Crippen LogP contribution in [-0.2, 0) is 18.9 Å². The summed E-state index contributed by atoms with van der Waals surface area (Å²) in [6.45, 7) is 1.70. The zero-order valence-electron chi connectivity index (χ0n) is 26.3. The SMILES string of the molecule is COc1cc(OC)c2c(c1Cl)O[C@@]1(C(=O)C3=C(C[C@H]1C)Nc1c(c(=O)n(C)c(=O)n1C)[C@@H]3c1ccc(-c3ccc(C(=O)O)cc3)o1)C2=O. The van der Waals surface area contributed by atoms with Crippen LogP contribution in [-0.4, -0.2) is 51.6 Å². The van der Waals surface area contributed by atoms with Crippen LogP contribution in [0.5, 0.6) is 17.2 Å². The van der Waals surface area contributed by atoms with E-state index in [-0.39, 0.29) is 62.5 Å². The summed E-state index contributed by atoms with van der Waals surface area (Å²) in [7, 11) is 5.60. The van der Waals surface area contributed by atoms with Crippen molar-refractivity contribution in [2.24, 2.45) is 20.0 Å². The van der Waals surface area contributed by atoms with Crippen molar-refractivity contribution in [2.45, 2.75) is 24.9 Å². The first-order valence-electron chi connectivity index (χ1n) is 14.8. The van der Waals surface area contributed by atoms with E-state index in [0.29, 0.717) is 17.0 Å². The summed E-state index contributed by atoms with van der Waals surface area (Å²) in [6.07, 6.45) is 0.113. The van der Waals surface area contributed by atoms with Crippen LogP contribution >= 0.6 is 11.6 Å². The highest BCUT2D eigenvalue weighted by Gasteiger charge is 2.64. The molecule has 0 saturated heterocycles. The number of carbonyl (C=O) groups excluding carboxylic acids is 2. The lowest BCUT2D eigenvalue weighted by Crippen LogP contribution is -2.58. The zero-order valence-corrected chi connectivity index (χ0v) is 27.1. The van der Waals surface area contributed by atoms with E-state index in [4.69, 9.17) is 30.2 Å². The molecule has 0 saturated carbocycles. The predicted octanol–water partition coefficient (Wildman–Crippen LogP) is 4.15. The second-order valence-electron chi connectivity index (χ2n) is 11.9. The zero-order chi connectivity index (χ0) is 34.4. The lowest BCUT2D eigenvalue weighted by atomic mass is 9.66. The number of fused-ring (bicyclic) bond motifs is 2. The molecule has 4 aromatic rings. The molecule has 7 rings (SSSR count). The third-order valence-corrected chi connectivity index (χ3v) is 9.76. The summed E-state index contributed by atoms with van der Waals surface area (Å²) in [6, 6.07) is 10.7. The van der Waals surface area contributed by atoms with Crippen molar-refractivity contribution >= 4 is 35.0 Å². The van der Waals surface area contributed by atoms with Crippen molar-refractivity contribution in [3.05, 3.63) is 102 Å². The van der Waals surface area contributed by atoms with E-state index < -0.39 is 46.2 Å². The second kappa shape index (κ2) is 10.7. The smallest absolute Gasteiger partial charge is 0.335 e. The third kappa shape index (κ3) is 4.06. The van der Waals surface area contributed by atoms with Gasteiger partial charge in [0.15, 0.2) is 5.75 Å². The third-order valence-electron chi connectivity index (χ3n) is 9.40. The Morgan fingerprint density at radius 3 is 2.33 bits per heavy atom. The number of rotatable bonds is 5. The van der Waals surface area contributed by atoms with Crippen molar-refractivity contribution < 1.29 is 38.1 Å². The number of anilines is 1. The molecule has 3 aliphatic rings. The standard InChI is InChI=1S/C34H28ClN3O10/c1-14-12-17-22(28(39)34(14)29(40)24-20(45-4)13-21(46-5)26(35)27(24)48-34)23(25-30(36-17)37(2)33(44)38(3)31(25)41)19-11-10-18(47-19)15-6-8-16(9-7-15)32(42)43/h6-11,13-14,23,36H,12H2,1-5H3,(H,42,43)/t14-,23-,34+/m1/s1. The number of furan rings is 1. The van der Waals surface area contributed by atoms with Crippen molar-refractivity contribution in [3.63, 3.8) is 0 Å². The molecule has 2 N–H and O–H groups in total. The molecule has 2 aliphatic heterocycles. The molecule has 48 heavy (non-hydrogen) atoms. The number of nitrogens with zero attached hydrogens (tertiary/aromatic N) is 2. The second-order valence-corrected chi connectivity index (χ2v) is 12.3. The molecular formula is C34H28ClN3O10. The Bertz CT molecular complexity index is 2260. The van der Waals surface area contributed by atoms with Crippen molar-refractivity contribution in [1.29, 1.82) is 0 Å². The van der Waals surface area contributed by atoms with Gasteiger partial charge in [0.05, 0.1) is 31.3 Å². The molecule has 0 fully saturated rings. The van der Waals surface area contributed by atoms with E-state index in [1.807, 2.05) is 0 Å². The first-order chi connectivity index (χ1) is 22.8. The van der Waals surface area contributed by atoms with Gasteiger partial charge in [-0.15, -0.1) is 0 Å². The van der Waals surface area contributed by atoms with Gasteiger partial charge in [-0.3, -0.25) is 23.5 Å². The highest BCUT2D eigenvalue weighted by atomic mass is 35.5. The number of ether oxygens (including phenoxy) is 3. The lowest BCUT2D eigenvalue weighted by Gasteiger charge is -2.42. The molecule has 13 nitrogen and oxygen atoms in total. The van der Waals surface area contributed by atoms with Crippen LogP contribution in [0.2, 0.25) is 5.02 Å². The monoisotopic (exact) mass is 673 g/mol. The first-order valence-corrected chi connectivity index (χ1v) is 15.2. The average Bonchev–Trinajstić information content (AvgIpc) is 3.69. The number of hydrogen-bond donors (Lipinski definition) is 2. The minimum absolute atomic E-state index is 0.00308. The van der Waals surface area contributed by atoms with Crippen LogP contribution in [0.3, 0.4) is 0 Å². The van der Waals surface area contributed by atoms with Crippen LogP contribution in [0.25, 0.3) is 11.3 Å². The van der Waals surface area contributed by atoms with E-state index in [2.05, 4.69) is 5.32 Å². The van der Waals surface area contributed by atoms with Crippen molar-refractivity contribution in [2.75, 3.05) is 19.5 Å². The summed E-state index contributed by atoms with van der Waals surface area (Å²) in [4.78, 5) is 67.7. The minimum Gasteiger partial charge on any atom is -0.496 e. The van der Waals surface area contributed by atoms with Gasteiger partial charge in [-0.05, 0) is 30.7 Å². The molecule has 14 heteroatoms.